The van der Waals surface area contributed by atoms with Gasteiger partial charge in [-0.2, -0.15) is 0 Å². The molecule has 11 heteroatoms. The number of halogens is 1. The van der Waals surface area contributed by atoms with E-state index in [-0.39, 0.29) is 41.2 Å². The van der Waals surface area contributed by atoms with Crippen LogP contribution in [0.5, 0.6) is 11.5 Å². The van der Waals surface area contributed by atoms with Gasteiger partial charge >= 0.3 is 0 Å². The van der Waals surface area contributed by atoms with E-state index in [0.717, 1.165) is 53.1 Å². The summed E-state index contributed by atoms with van der Waals surface area (Å²) in [5.74, 6) is -0.219. The SMILES string of the molecule is COc1ccc(S(=O)(=O)N(CC(=O)N(Cc2ccc(C)cc2)[C@H](Cc2ccccc2)C(=O)NC2CCCCC2)c2ccc(Cl)cc2)cc1OC. The van der Waals surface area contributed by atoms with E-state index in [2.05, 4.69) is 5.32 Å². The van der Waals surface area contributed by atoms with Gasteiger partial charge in [0.1, 0.15) is 12.6 Å². The van der Waals surface area contributed by atoms with Gasteiger partial charge < -0.3 is 19.7 Å². The van der Waals surface area contributed by atoms with Crippen LogP contribution in [0, 0.1) is 6.92 Å². The van der Waals surface area contributed by atoms with Gasteiger partial charge in [0, 0.05) is 30.1 Å². The molecule has 0 radical (unpaired) electrons. The minimum absolute atomic E-state index is 0.0156. The molecule has 1 atom stereocenters. The number of anilines is 1. The molecule has 1 saturated carbocycles. The standard InChI is InChI=1S/C39H44ClN3O6S/c1-28-14-16-30(17-15-28)26-42(35(24-29-10-6-4-7-11-29)39(45)41-32-12-8-5-9-13-32)38(44)27-43(33-20-18-31(40)19-21-33)50(46,47)34-22-23-36(48-2)37(25-34)49-3/h4,6-7,10-11,14-23,25,32,35H,5,8-9,12-13,24,26-27H2,1-3H3,(H,41,45)/t35-/m1/s1. The molecule has 0 aromatic heterocycles. The summed E-state index contributed by atoms with van der Waals surface area (Å²) in [6, 6.07) is 26.9. The van der Waals surface area contributed by atoms with E-state index >= 15 is 0 Å². The fourth-order valence-electron chi connectivity index (χ4n) is 6.23. The lowest BCUT2D eigenvalue weighted by molar-refractivity contribution is -0.140. The van der Waals surface area contributed by atoms with Crippen molar-refractivity contribution < 1.29 is 27.5 Å². The van der Waals surface area contributed by atoms with Gasteiger partial charge in [-0.3, -0.25) is 13.9 Å². The first-order chi connectivity index (χ1) is 24.1. The molecule has 4 aromatic rings. The van der Waals surface area contributed by atoms with Gasteiger partial charge in [0.15, 0.2) is 11.5 Å². The number of sulfonamides is 1. The van der Waals surface area contributed by atoms with Gasteiger partial charge in [0.25, 0.3) is 10.0 Å². The highest BCUT2D eigenvalue weighted by Crippen LogP contribution is 2.33. The lowest BCUT2D eigenvalue weighted by atomic mass is 9.94. The number of hydrogen-bond donors (Lipinski definition) is 1. The highest BCUT2D eigenvalue weighted by molar-refractivity contribution is 7.92. The van der Waals surface area contributed by atoms with Crippen LogP contribution in [-0.2, 0) is 32.6 Å². The first kappa shape index (κ1) is 36.7. The predicted molar refractivity (Wildman–Crippen MR) is 196 cm³/mol. The van der Waals surface area contributed by atoms with Gasteiger partial charge in [-0.25, -0.2) is 8.42 Å². The molecule has 1 aliphatic rings. The van der Waals surface area contributed by atoms with Crippen molar-refractivity contribution in [3.05, 3.63) is 119 Å². The van der Waals surface area contributed by atoms with Crippen molar-refractivity contribution in [3.63, 3.8) is 0 Å². The lowest BCUT2D eigenvalue weighted by Gasteiger charge is -2.35. The summed E-state index contributed by atoms with van der Waals surface area (Å²) in [6.45, 7) is 1.50. The fraction of sp³-hybridized carbons (Fsp3) is 0.333. The monoisotopic (exact) mass is 717 g/mol. The molecule has 5 rings (SSSR count). The second-order valence-electron chi connectivity index (χ2n) is 12.6. The van der Waals surface area contributed by atoms with Gasteiger partial charge in [-0.05, 0) is 67.3 Å². The Morgan fingerprint density at radius 2 is 1.50 bits per heavy atom. The van der Waals surface area contributed by atoms with Gasteiger partial charge in [-0.1, -0.05) is 91.0 Å². The maximum atomic E-state index is 14.8. The topological polar surface area (TPSA) is 105 Å². The van der Waals surface area contributed by atoms with Crippen LogP contribution in [0.3, 0.4) is 0 Å². The predicted octanol–water partition coefficient (Wildman–Crippen LogP) is 6.95. The molecule has 0 bridgehead atoms. The molecule has 9 nitrogen and oxygen atoms in total. The average molecular weight is 718 g/mol. The van der Waals surface area contributed by atoms with E-state index in [9.17, 15) is 18.0 Å². The van der Waals surface area contributed by atoms with E-state index in [1.54, 1.807) is 24.3 Å². The summed E-state index contributed by atoms with van der Waals surface area (Å²) in [4.78, 5) is 30.5. The Kier molecular flexibility index (Phi) is 12.4. The van der Waals surface area contributed by atoms with Crippen molar-refractivity contribution in [2.45, 2.75) is 69.0 Å². The van der Waals surface area contributed by atoms with Crippen molar-refractivity contribution in [1.82, 2.24) is 10.2 Å². The van der Waals surface area contributed by atoms with Crippen LogP contribution < -0.4 is 19.1 Å². The van der Waals surface area contributed by atoms with Gasteiger partial charge in [0.05, 0.1) is 24.8 Å². The molecule has 0 unspecified atom stereocenters. The van der Waals surface area contributed by atoms with E-state index < -0.39 is 28.5 Å². The zero-order valence-corrected chi connectivity index (χ0v) is 30.3. The number of nitrogens with zero attached hydrogens (tertiary/aromatic N) is 2. The fourth-order valence-corrected chi connectivity index (χ4v) is 7.78. The average Bonchev–Trinajstić information content (AvgIpc) is 3.13. The Morgan fingerprint density at radius 1 is 0.840 bits per heavy atom. The number of aryl methyl sites for hydroxylation is 1. The third-order valence-electron chi connectivity index (χ3n) is 9.03. The molecule has 264 valence electrons. The third-order valence-corrected chi connectivity index (χ3v) is 11.1. The number of methoxy groups -OCH3 is 2. The maximum absolute atomic E-state index is 14.8. The normalized spacial score (nSPS) is 14.0. The van der Waals surface area contributed by atoms with Gasteiger partial charge in [-0.15, -0.1) is 0 Å². The zero-order valence-electron chi connectivity index (χ0n) is 28.7. The van der Waals surface area contributed by atoms with Crippen LogP contribution >= 0.6 is 11.6 Å². The second-order valence-corrected chi connectivity index (χ2v) is 14.9. The Hall–Kier alpha value is -4.54. The van der Waals surface area contributed by atoms with Crippen LogP contribution in [0.4, 0.5) is 5.69 Å². The summed E-state index contributed by atoms with van der Waals surface area (Å²) >= 11 is 6.19. The largest absolute Gasteiger partial charge is 0.493 e. The summed E-state index contributed by atoms with van der Waals surface area (Å²) < 4.78 is 40.7. The van der Waals surface area contributed by atoms with Crippen LogP contribution in [0.1, 0.15) is 48.8 Å². The molecule has 1 fully saturated rings. The molecule has 4 aromatic carbocycles. The first-order valence-corrected chi connectivity index (χ1v) is 18.6. The number of benzene rings is 4. The minimum Gasteiger partial charge on any atom is -0.493 e. The molecule has 2 amide bonds. The molecule has 1 N–H and O–H groups in total. The number of rotatable bonds is 14. The van der Waals surface area contributed by atoms with E-state index in [1.807, 2.05) is 61.5 Å². The molecule has 0 spiro atoms. The highest BCUT2D eigenvalue weighted by atomic mass is 35.5. The minimum atomic E-state index is -4.35. The lowest BCUT2D eigenvalue weighted by Crippen LogP contribution is -2.55. The Bertz CT molecular complexity index is 1850. The second kappa shape index (κ2) is 16.9. The van der Waals surface area contributed by atoms with Crippen molar-refractivity contribution in [3.8, 4) is 11.5 Å². The van der Waals surface area contributed by atoms with Crippen LogP contribution in [0.25, 0.3) is 0 Å². The first-order valence-electron chi connectivity index (χ1n) is 16.8. The molecule has 1 aliphatic carbocycles. The third kappa shape index (κ3) is 9.17. The number of nitrogens with one attached hydrogen (secondary N) is 1. The Morgan fingerprint density at radius 3 is 2.14 bits per heavy atom. The molecular weight excluding hydrogens is 674 g/mol. The summed E-state index contributed by atoms with van der Waals surface area (Å²) in [5.41, 5.74) is 2.98. The number of amides is 2. The van der Waals surface area contributed by atoms with Crippen LogP contribution in [0.15, 0.2) is 102 Å². The van der Waals surface area contributed by atoms with Crippen LogP contribution in [0.2, 0.25) is 5.02 Å². The Balaban J connectivity index is 1.57. The van der Waals surface area contributed by atoms with E-state index in [4.69, 9.17) is 21.1 Å². The zero-order chi connectivity index (χ0) is 35.7. The molecule has 0 saturated heterocycles. The van der Waals surface area contributed by atoms with Crippen molar-refractivity contribution >= 4 is 39.1 Å². The number of carbonyl (C=O) groups is 2. The molecule has 0 aliphatic heterocycles. The summed E-state index contributed by atoms with van der Waals surface area (Å²) in [6.07, 6.45) is 5.20. The number of carbonyl (C=O) groups excluding carboxylic acids is 2. The smallest absolute Gasteiger partial charge is 0.264 e. The number of ether oxygens (including phenoxy) is 2. The summed E-state index contributed by atoms with van der Waals surface area (Å²) in [7, 11) is -1.47. The van der Waals surface area contributed by atoms with E-state index in [0.29, 0.717) is 10.8 Å². The summed E-state index contributed by atoms with van der Waals surface area (Å²) in [5, 5.41) is 3.64. The molecule has 50 heavy (non-hydrogen) atoms. The molecular formula is C39H44ClN3O6S. The molecule has 0 heterocycles. The quantitative estimate of drug-likeness (QED) is 0.151. The highest BCUT2D eigenvalue weighted by Gasteiger charge is 2.35. The van der Waals surface area contributed by atoms with Crippen molar-refractivity contribution in [2.24, 2.45) is 0 Å². The van der Waals surface area contributed by atoms with Crippen molar-refractivity contribution in [2.75, 3.05) is 25.1 Å². The number of hydrogen-bond acceptors (Lipinski definition) is 6. The van der Waals surface area contributed by atoms with Crippen LogP contribution in [-0.4, -0.2) is 58.0 Å². The van der Waals surface area contributed by atoms with Crippen molar-refractivity contribution in [1.29, 1.82) is 0 Å². The van der Waals surface area contributed by atoms with E-state index in [1.165, 1.54) is 37.3 Å². The van der Waals surface area contributed by atoms with Gasteiger partial charge in [0.2, 0.25) is 11.8 Å². The Labute approximate surface area is 300 Å². The maximum Gasteiger partial charge on any atom is 0.264 e.